The lowest BCUT2D eigenvalue weighted by atomic mass is 10.2. The first kappa shape index (κ1) is 11.3. The lowest BCUT2D eigenvalue weighted by Gasteiger charge is -1.97. The molecule has 0 aliphatic rings. The van der Waals surface area contributed by atoms with E-state index in [0.717, 1.165) is 10.6 Å². The molecule has 3 nitrogen and oxygen atoms in total. The molecule has 16 heavy (non-hydrogen) atoms. The number of thiazole rings is 1. The van der Waals surface area contributed by atoms with Gasteiger partial charge in [0.15, 0.2) is 0 Å². The highest BCUT2D eigenvalue weighted by molar-refractivity contribution is 7.16. The third-order valence-electron chi connectivity index (χ3n) is 2.21. The maximum absolute atomic E-state index is 11.2. The van der Waals surface area contributed by atoms with Crippen molar-refractivity contribution in [2.75, 3.05) is 0 Å². The molecular formula is C11H12N2OS2. The number of carbonyl (C=O) groups is 1. The van der Waals surface area contributed by atoms with Crippen molar-refractivity contribution in [1.29, 1.82) is 0 Å². The molecule has 2 rings (SSSR count). The van der Waals surface area contributed by atoms with Crippen LogP contribution >= 0.6 is 22.7 Å². The molecule has 0 aliphatic heterocycles. The minimum atomic E-state index is -0.383. The molecule has 0 bridgehead atoms. The van der Waals surface area contributed by atoms with E-state index in [1.54, 1.807) is 11.3 Å². The number of amides is 1. The highest BCUT2D eigenvalue weighted by Crippen LogP contribution is 2.33. The molecule has 2 aromatic heterocycles. The van der Waals surface area contributed by atoms with Crippen LogP contribution in [0.2, 0.25) is 0 Å². The first-order valence-corrected chi connectivity index (χ1v) is 6.62. The van der Waals surface area contributed by atoms with Gasteiger partial charge in [-0.1, -0.05) is 13.8 Å². The first-order chi connectivity index (χ1) is 7.59. The molecule has 0 aromatic carbocycles. The quantitative estimate of drug-likeness (QED) is 0.912. The van der Waals surface area contributed by atoms with Crippen LogP contribution in [0.1, 0.15) is 34.3 Å². The lowest BCUT2D eigenvalue weighted by Crippen LogP contribution is -2.09. The van der Waals surface area contributed by atoms with Crippen LogP contribution in [-0.4, -0.2) is 10.9 Å². The molecule has 0 saturated heterocycles. The fourth-order valence-corrected chi connectivity index (χ4v) is 3.11. The van der Waals surface area contributed by atoms with E-state index >= 15 is 0 Å². The molecule has 0 unspecified atom stereocenters. The van der Waals surface area contributed by atoms with Crippen molar-refractivity contribution >= 4 is 28.6 Å². The maximum Gasteiger partial charge on any atom is 0.259 e. The van der Waals surface area contributed by atoms with E-state index in [-0.39, 0.29) is 5.91 Å². The zero-order valence-electron chi connectivity index (χ0n) is 9.06. The SMILES string of the molecule is CC(C)c1cnc(-c2ccsc2C(N)=O)s1. The van der Waals surface area contributed by atoms with Gasteiger partial charge in [-0.05, 0) is 17.4 Å². The van der Waals surface area contributed by atoms with Gasteiger partial charge in [0.25, 0.3) is 5.91 Å². The Balaban J connectivity index is 2.42. The van der Waals surface area contributed by atoms with Gasteiger partial charge in [-0.15, -0.1) is 22.7 Å². The number of primary amides is 1. The third kappa shape index (κ3) is 2.01. The van der Waals surface area contributed by atoms with Crippen molar-refractivity contribution in [1.82, 2.24) is 4.98 Å². The summed E-state index contributed by atoms with van der Waals surface area (Å²) in [6.07, 6.45) is 1.87. The van der Waals surface area contributed by atoms with Crippen LogP contribution in [0, 0.1) is 0 Å². The fourth-order valence-electron chi connectivity index (χ4n) is 1.35. The Kier molecular flexibility index (Phi) is 3.07. The summed E-state index contributed by atoms with van der Waals surface area (Å²) in [5.74, 6) is 0.0770. The Hall–Kier alpha value is -1.20. The predicted octanol–water partition coefficient (Wildman–Crippen LogP) is 3.09. The topological polar surface area (TPSA) is 56.0 Å². The average molecular weight is 252 g/mol. The molecule has 0 aliphatic carbocycles. The summed E-state index contributed by atoms with van der Waals surface area (Å²) in [7, 11) is 0. The number of nitrogens with zero attached hydrogens (tertiary/aromatic N) is 1. The summed E-state index contributed by atoms with van der Waals surface area (Å²) in [4.78, 5) is 17.4. The Morgan fingerprint density at radius 2 is 2.25 bits per heavy atom. The van der Waals surface area contributed by atoms with Gasteiger partial charge >= 0.3 is 0 Å². The number of thiophene rings is 1. The molecule has 0 saturated carbocycles. The van der Waals surface area contributed by atoms with Crippen LogP contribution in [0.4, 0.5) is 0 Å². The molecule has 2 N–H and O–H groups in total. The van der Waals surface area contributed by atoms with E-state index < -0.39 is 0 Å². The highest BCUT2D eigenvalue weighted by atomic mass is 32.1. The van der Waals surface area contributed by atoms with Gasteiger partial charge in [0.1, 0.15) is 9.88 Å². The summed E-state index contributed by atoms with van der Waals surface area (Å²) in [5.41, 5.74) is 6.17. The summed E-state index contributed by atoms with van der Waals surface area (Å²) >= 11 is 2.98. The number of hydrogen-bond acceptors (Lipinski definition) is 4. The van der Waals surface area contributed by atoms with Crippen LogP contribution in [0.3, 0.4) is 0 Å². The predicted molar refractivity (Wildman–Crippen MR) is 68.0 cm³/mol. The van der Waals surface area contributed by atoms with Gasteiger partial charge in [-0.3, -0.25) is 4.79 Å². The normalized spacial score (nSPS) is 10.9. The number of rotatable bonds is 3. The summed E-state index contributed by atoms with van der Waals surface area (Å²) in [6.45, 7) is 4.25. The molecule has 1 amide bonds. The molecule has 84 valence electrons. The standard InChI is InChI=1S/C11H12N2OS2/c1-6(2)8-5-13-11(16-8)7-3-4-15-9(7)10(12)14/h3-6H,1-2H3,(H2,12,14). The second-order valence-corrected chi connectivity index (χ2v) is 5.73. The Bertz CT molecular complexity index is 514. The second kappa shape index (κ2) is 4.35. The van der Waals surface area contributed by atoms with Crippen LogP contribution in [-0.2, 0) is 0 Å². The first-order valence-electron chi connectivity index (χ1n) is 4.93. The molecule has 0 atom stereocenters. The largest absolute Gasteiger partial charge is 0.365 e. The van der Waals surface area contributed by atoms with Gasteiger partial charge in [0.05, 0.1) is 0 Å². The van der Waals surface area contributed by atoms with Gasteiger partial charge in [0.2, 0.25) is 0 Å². The highest BCUT2D eigenvalue weighted by Gasteiger charge is 2.15. The average Bonchev–Trinajstić information content (AvgIpc) is 2.86. The monoisotopic (exact) mass is 252 g/mol. The Morgan fingerprint density at radius 3 is 2.81 bits per heavy atom. The molecule has 5 heteroatoms. The number of aromatic nitrogens is 1. The van der Waals surface area contributed by atoms with E-state index in [1.165, 1.54) is 16.2 Å². The smallest absolute Gasteiger partial charge is 0.259 e. The molecule has 0 fully saturated rings. The van der Waals surface area contributed by atoms with Crippen LogP contribution < -0.4 is 5.73 Å². The van der Waals surface area contributed by atoms with Gasteiger partial charge in [-0.2, -0.15) is 0 Å². The van der Waals surface area contributed by atoms with E-state index in [1.807, 2.05) is 17.6 Å². The third-order valence-corrected chi connectivity index (χ3v) is 4.47. The van der Waals surface area contributed by atoms with Crippen LogP contribution in [0.5, 0.6) is 0 Å². The molecule has 0 radical (unpaired) electrons. The molecule has 2 heterocycles. The Morgan fingerprint density at radius 1 is 1.50 bits per heavy atom. The van der Waals surface area contributed by atoms with Crippen molar-refractivity contribution in [3.63, 3.8) is 0 Å². The molecular weight excluding hydrogens is 240 g/mol. The summed E-state index contributed by atoms with van der Waals surface area (Å²) in [5, 5.41) is 2.74. The summed E-state index contributed by atoms with van der Waals surface area (Å²) < 4.78 is 0. The van der Waals surface area contributed by atoms with Gasteiger partial charge < -0.3 is 5.73 Å². The van der Waals surface area contributed by atoms with Crippen LogP contribution in [0.25, 0.3) is 10.6 Å². The van der Waals surface area contributed by atoms with Crippen molar-refractivity contribution in [3.8, 4) is 10.6 Å². The zero-order valence-corrected chi connectivity index (χ0v) is 10.7. The molecule has 0 spiro atoms. The van der Waals surface area contributed by atoms with Crippen molar-refractivity contribution < 1.29 is 4.79 Å². The number of carbonyl (C=O) groups excluding carboxylic acids is 1. The van der Waals surface area contributed by atoms with Crippen molar-refractivity contribution in [2.45, 2.75) is 19.8 Å². The molecule has 2 aromatic rings. The van der Waals surface area contributed by atoms with E-state index in [4.69, 9.17) is 5.73 Å². The van der Waals surface area contributed by atoms with Gasteiger partial charge in [0, 0.05) is 16.6 Å². The second-order valence-electron chi connectivity index (χ2n) is 3.75. The zero-order chi connectivity index (χ0) is 11.7. The minimum absolute atomic E-state index is 0.383. The number of nitrogens with two attached hydrogens (primary N) is 1. The maximum atomic E-state index is 11.2. The van der Waals surface area contributed by atoms with Crippen molar-refractivity contribution in [2.24, 2.45) is 5.73 Å². The van der Waals surface area contributed by atoms with Crippen molar-refractivity contribution in [3.05, 3.63) is 27.4 Å². The van der Waals surface area contributed by atoms with E-state index in [2.05, 4.69) is 18.8 Å². The Labute approximate surface area is 102 Å². The summed E-state index contributed by atoms with van der Waals surface area (Å²) in [6, 6.07) is 1.90. The fraction of sp³-hybridized carbons (Fsp3) is 0.273. The van der Waals surface area contributed by atoms with Crippen LogP contribution in [0.15, 0.2) is 17.6 Å². The number of hydrogen-bond donors (Lipinski definition) is 1. The van der Waals surface area contributed by atoms with E-state index in [0.29, 0.717) is 10.8 Å². The minimum Gasteiger partial charge on any atom is -0.365 e. The van der Waals surface area contributed by atoms with E-state index in [9.17, 15) is 4.79 Å². The van der Waals surface area contributed by atoms with Gasteiger partial charge in [-0.25, -0.2) is 4.98 Å². The lowest BCUT2D eigenvalue weighted by molar-refractivity contribution is 0.100.